The molecule has 0 saturated heterocycles. The molecule has 0 fully saturated rings. The highest BCUT2D eigenvalue weighted by molar-refractivity contribution is 5.10. The normalized spacial score (nSPS) is 9.15. The third-order valence-corrected chi connectivity index (χ3v) is 1.76. The van der Waals surface area contributed by atoms with E-state index in [4.69, 9.17) is 11.2 Å². The van der Waals surface area contributed by atoms with E-state index in [1.165, 1.54) is 0 Å². The third kappa shape index (κ3) is 8.91. The van der Waals surface area contributed by atoms with Gasteiger partial charge >= 0.3 is 0 Å². The van der Waals surface area contributed by atoms with E-state index >= 15 is 0 Å². The van der Waals surface area contributed by atoms with Crippen LogP contribution in [0.4, 0.5) is 0 Å². The molecular formula is C12H18O. The standard InChI is InChI=1S/C12H18O/c1-4-10-13-11-8-6-7-9-12(3)5-2/h1,5H,2-3,6-11H2. The highest BCUT2D eigenvalue weighted by atomic mass is 16.5. The predicted molar refractivity (Wildman–Crippen MR) is 57.5 cm³/mol. The van der Waals surface area contributed by atoms with Crippen molar-refractivity contribution in [2.45, 2.75) is 25.7 Å². The molecule has 0 aromatic carbocycles. The van der Waals surface area contributed by atoms with Gasteiger partial charge in [-0.1, -0.05) is 37.1 Å². The van der Waals surface area contributed by atoms with Crippen molar-refractivity contribution in [3.05, 3.63) is 24.8 Å². The van der Waals surface area contributed by atoms with Crippen LogP contribution in [0.1, 0.15) is 25.7 Å². The number of rotatable bonds is 8. The molecule has 0 aliphatic carbocycles. The predicted octanol–water partition coefficient (Wildman–Crippen LogP) is 2.94. The van der Waals surface area contributed by atoms with Gasteiger partial charge in [-0.05, 0) is 19.3 Å². The Hall–Kier alpha value is -1.00. The van der Waals surface area contributed by atoms with Gasteiger partial charge < -0.3 is 4.74 Å². The Balaban J connectivity index is 3.04. The lowest BCUT2D eigenvalue weighted by Crippen LogP contribution is -1.94. The molecule has 0 saturated carbocycles. The topological polar surface area (TPSA) is 9.23 Å². The van der Waals surface area contributed by atoms with Crippen LogP contribution < -0.4 is 0 Å². The van der Waals surface area contributed by atoms with Gasteiger partial charge in [0, 0.05) is 6.61 Å². The lowest BCUT2D eigenvalue weighted by Gasteiger charge is -2.01. The number of ether oxygens (including phenoxy) is 1. The lowest BCUT2D eigenvalue weighted by molar-refractivity contribution is 0.162. The first kappa shape index (κ1) is 12.0. The number of terminal acetylenes is 1. The maximum Gasteiger partial charge on any atom is 0.107 e. The van der Waals surface area contributed by atoms with Crippen LogP contribution in [-0.4, -0.2) is 13.2 Å². The highest BCUT2D eigenvalue weighted by Gasteiger charge is 1.91. The van der Waals surface area contributed by atoms with Gasteiger partial charge in [-0.3, -0.25) is 0 Å². The molecule has 0 aliphatic heterocycles. The van der Waals surface area contributed by atoms with E-state index in [1.807, 2.05) is 6.08 Å². The van der Waals surface area contributed by atoms with Crippen molar-refractivity contribution < 1.29 is 4.74 Å². The summed E-state index contributed by atoms with van der Waals surface area (Å²) in [5, 5.41) is 0. The smallest absolute Gasteiger partial charge is 0.107 e. The quantitative estimate of drug-likeness (QED) is 0.315. The second-order valence-corrected chi connectivity index (χ2v) is 2.93. The molecule has 1 nitrogen and oxygen atoms in total. The zero-order chi connectivity index (χ0) is 9.94. The van der Waals surface area contributed by atoms with Crippen molar-refractivity contribution >= 4 is 0 Å². The summed E-state index contributed by atoms with van der Waals surface area (Å²) < 4.78 is 5.14. The zero-order valence-electron chi connectivity index (χ0n) is 8.22. The van der Waals surface area contributed by atoms with Crippen molar-refractivity contribution in [2.24, 2.45) is 0 Å². The number of hydrogen-bond acceptors (Lipinski definition) is 1. The summed E-state index contributed by atoms with van der Waals surface area (Å²) in [4.78, 5) is 0. The first-order valence-corrected chi connectivity index (χ1v) is 4.62. The maximum absolute atomic E-state index is 5.14. The molecule has 0 aliphatic rings. The van der Waals surface area contributed by atoms with Crippen LogP contribution in [0.5, 0.6) is 0 Å². The van der Waals surface area contributed by atoms with E-state index in [9.17, 15) is 0 Å². The number of allylic oxidation sites excluding steroid dienone is 2. The van der Waals surface area contributed by atoms with Gasteiger partial charge in [0.05, 0.1) is 0 Å². The Morgan fingerprint density at radius 1 is 1.38 bits per heavy atom. The average Bonchev–Trinajstić information content (AvgIpc) is 2.16. The third-order valence-electron chi connectivity index (χ3n) is 1.76. The van der Waals surface area contributed by atoms with Crippen LogP contribution in [0, 0.1) is 12.3 Å². The van der Waals surface area contributed by atoms with Crippen molar-refractivity contribution in [1.29, 1.82) is 0 Å². The van der Waals surface area contributed by atoms with Gasteiger partial charge in [0.25, 0.3) is 0 Å². The van der Waals surface area contributed by atoms with Crippen molar-refractivity contribution in [1.82, 2.24) is 0 Å². The Morgan fingerprint density at radius 2 is 2.15 bits per heavy atom. The first-order chi connectivity index (χ1) is 6.31. The second-order valence-electron chi connectivity index (χ2n) is 2.93. The highest BCUT2D eigenvalue weighted by Crippen LogP contribution is 2.07. The minimum absolute atomic E-state index is 0.430. The van der Waals surface area contributed by atoms with E-state index in [0.29, 0.717) is 6.61 Å². The molecule has 0 aromatic rings. The van der Waals surface area contributed by atoms with E-state index < -0.39 is 0 Å². The molecule has 0 atom stereocenters. The average molecular weight is 178 g/mol. The van der Waals surface area contributed by atoms with Crippen molar-refractivity contribution in [3.63, 3.8) is 0 Å². The van der Waals surface area contributed by atoms with E-state index in [2.05, 4.69) is 19.1 Å². The zero-order valence-corrected chi connectivity index (χ0v) is 8.22. The van der Waals surface area contributed by atoms with Gasteiger partial charge in [0.15, 0.2) is 0 Å². The van der Waals surface area contributed by atoms with Crippen LogP contribution in [0.15, 0.2) is 24.8 Å². The lowest BCUT2D eigenvalue weighted by atomic mass is 10.1. The summed E-state index contributed by atoms with van der Waals surface area (Å²) in [5.74, 6) is 2.44. The molecule has 0 bridgehead atoms. The maximum atomic E-state index is 5.14. The van der Waals surface area contributed by atoms with Crippen molar-refractivity contribution in [3.8, 4) is 12.3 Å². The molecule has 0 radical (unpaired) electrons. The monoisotopic (exact) mass is 178 g/mol. The SMILES string of the molecule is C#CCOCCCCCC(=C)C=C. The second kappa shape index (κ2) is 9.09. The molecular weight excluding hydrogens is 160 g/mol. The van der Waals surface area contributed by atoms with Gasteiger partial charge in [0.2, 0.25) is 0 Å². The molecule has 72 valence electrons. The van der Waals surface area contributed by atoms with Crippen LogP contribution in [0.25, 0.3) is 0 Å². The van der Waals surface area contributed by atoms with Gasteiger partial charge in [-0.15, -0.1) is 6.42 Å². The van der Waals surface area contributed by atoms with Gasteiger partial charge in [-0.2, -0.15) is 0 Å². The Morgan fingerprint density at radius 3 is 2.77 bits per heavy atom. The molecule has 1 heteroatoms. The molecule has 0 heterocycles. The van der Waals surface area contributed by atoms with E-state index in [1.54, 1.807) is 0 Å². The Kier molecular flexibility index (Phi) is 8.39. The molecule has 0 spiro atoms. The number of unbranched alkanes of at least 4 members (excludes halogenated alkanes) is 2. The largest absolute Gasteiger partial charge is 0.369 e. The fourth-order valence-electron chi connectivity index (χ4n) is 0.966. The van der Waals surface area contributed by atoms with Crippen molar-refractivity contribution in [2.75, 3.05) is 13.2 Å². The Labute approximate surface area is 81.5 Å². The molecule has 0 amide bonds. The summed E-state index contributed by atoms with van der Waals surface area (Å²) >= 11 is 0. The molecule has 13 heavy (non-hydrogen) atoms. The number of hydrogen-bond donors (Lipinski definition) is 0. The summed E-state index contributed by atoms with van der Waals surface area (Å²) in [5.41, 5.74) is 1.12. The van der Waals surface area contributed by atoms with Crippen LogP contribution in [-0.2, 0) is 4.74 Å². The molecule has 0 unspecified atom stereocenters. The Bertz CT molecular complexity index is 186. The minimum Gasteiger partial charge on any atom is -0.369 e. The van der Waals surface area contributed by atoms with Crippen LogP contribution >= 0.6 is 0 Å². The molecule has 0 N–H and O–H groups in total. The first-order valence-electron chi connectivity index (χ1n) is 4.62. The van der Waals surface area contributed by atoms with E-state index in [0.717, 1.165) is 37.9 Å². The van der Waals surface area contributed by atoms with Gasteiger partial charge in [0.1, 0.15) is 6.61 Å². The molecule has 0 aromatic heterocycles. The van der Waals surface area contributed by atoms with Crippen LogP contribution in [0.3, 0.4) is 0 Å². The fourth-order valence-corrected chi connectivity index (χ4v) is 0.966. The summed E-state index contributed by atoms with van der Waals surface area (Å²) in [6.07, 6.45) is 11.3. The van der Waals surface area contributed by atoms with E-state index in [-0.39, 0.29) is 0 Å². The van der Waals surface area contributed by atoms with Gasteiger partial charge in [-0.25, -0.2) is 0 Å². The van der Waals surface area contributed by atoms with Crippen LogP contribution in [0.2, 0.25) is 0 Å². The summed E-state index contributed by atoms with van der Waals surface area (Å²) in [7, 11) is 0. The molecule has 0 rings (SSSR count). The fraction of sp³-hybridized carbons (Fsp3) is 0.500. The minimum atomic E-state index is 0.430. The summed E-state index contributed by atoms with van der Waals surface area (Å²) in [6, 6.07) is 0. The summed E-state index contributed by atoms with van der Waals surface area (Å²) in [6.45, 7) is 8.70.